The molecule has 0 radical (unpaired) electrons. The van der Waals surface area contributed by atoms with E-state index in [0.717, 1.165) is 5.56 Å². The molecule has 1 aromatic carbocycles. The van der Waals surface area contributed by atoms with Crippen molar-refractivity contribution in [3.05, 3.63) is 36.0 Å². The van der Waals surface area contributed by atoms with Gasteiger partial charge >= 0.3 is 0 Å². The van der Waals surface area contributed by atoms with Crippen molar-refractivity contribution in [3.8, 4) is 5.75 Å². The Labute approximate surface area is 216 Å². The first-order valence-electron chi connectivity index (χ1n) is 12.9. The number of benzene rings is 1. The number of likely N-dealkylation sites (N-methyl/N-ethyl adjacent to an activating group) is 1. The van der Waals surface area contributed by atoms with Crippen molar-refractivity contribution in [2.24, 2.45) is 17.8 Å². The van der Waals surface area contributed by atoms with Gasteiger partial charge in [0.2, 0.25) is 17.7 Å². The van der Waals surface area contributed by atoms with E-state index in [-0.39, 0.29) is 23.7 Å². The monoisotopic (exact) mass is 500 g/mol. The van der Waals surface area contributed by atoms with Gasteiger partial charge < -0.3 is 20.7 Å². The molecule has 2 heterocycles. The molecule has 2 aliphatic rings. The van der Waals surface area contributed by atoms with Gasteiger partial charge in [0.15, 0.2) is 0 Å². The Kier molecular flexibility index (Phi) is 11.0. The molecule has 0 saturated carbocycles. The van der Waals surface area contributed by atoms with E-state index in [4.69, 9.17) is 4.74 Å². The third-order valence-electron chi connectivity index (χ3n) is 6.63. The van der Waals surface area contributed by atoms with Crippen LogP contribution in [-0.4, -0.2) is 60.9 Å². The highest BCUT2D eigenvalue weighted by atomic mass is 16.5. The molecule has 8 heteroatoms. The number of amides is 3. The van der Waals surface area contributed by atoms with Crippen LogP contribution in [0.25, 0.3) is 6.08 Å². The molecule has 0 saturated heterocycles. The highest BCUT2D eigenvalue weighted by Crippen LogP contribution is 2.21. The minimum atomic E-state index is -0.996. The second kappa shape index (κ2) is 13.4. The average molecular weight is 501 g/mol. The lowest BCUT2D eigenvalue weighted by Gasteiger charge is -2.34. The quantitative estimate of drug-likeness (QED) is 0.509. The SMILES string of the molecule is CCC(C)C1NC(=O)C(NC(=O)C(CC(C)C)N(C)C)C(C(C)C)Oc2ccc(cc2)C=CNC1=O. The first kappa shape index (κ1) is 29.4. The second-order valence-electron chi connectivity index (χ2n) is 10.7. The van der Waals surface area contributed by atoms with Crippen LogP contribution in [0.4, 0.5) is 0 Å². The molecule has 3 N–H and O–H groups in total. The van der Waals surface area contributed by atoms with Crippen molar-refractivity contribution in [2.45, 2.75) is 78.6 Å². The molecule has 8 nitrogen and oxygen atoms in total. The molecule has 0 fully saturated rings. The smallest absolute Gasteiger partial charge is 0.247 e. The van der Waals surface area contributed by atoms with Gasteiger partial charge in [-0.15, -0.1) is 0 Å². The van der Waals surface area contributed by atoms with E-state index < -0.39 is 30.1 Å². The van der Waals surface area contributed by atoms with Gasteiger partial charge in [-0.05, 0) is 62.0 Å². The molecule has 1 aromatic rings. The van der Waals surface area contributed by atoms with Crippen molar-refractivity contribution < 1.29 is 19.1 Å². The van der Waals surface area contributed by atoms with E-state index in [9.17, 15) is 14.4 Å². The fraction of sp³-hybridized carbons (Fsp3) is 0.607. The number of ether oxygens (including phenoxy) is 1. The van der Waals surface area contributed by atoms with Crippen LogP contribution < -0.4 is 20.7 Å². The second-order valence-corrected chi connectivity index (χ2v) is 10.7. The Balaban J connectivity index is 2.52. The number of fused-ring (bicyclic) bond motifs is 10. The number of carbonyl (C=O) groups excluding carboxylic acids is 3. The number of rotatable bonds is 8. The molecular formula is C28H44N4O4. The van der Waals surface area contributed by atoms with Gasteiger partial charge in [-0.1, -0.05) is 60.1 Å². The van der Waals surface area contributed by atoms with Crippen LogP contribution in [0.5, 0.6) is 5.75 Å². The summed E-state index contributed by atoms with van der Waals surface area (Å²) >= 11 is 0. The van der Waals surface area contributed by atoms with Crippen molar-refractivity contribution >= 4 is 23.8 Å². The van der Waals surface area contributed by atoms with E-state index in [0.29, 0.717) is 24.5 Å². The zero-order valence-electron chi connectivity index (χ0n) is 23.0. The third-order valence-corrected chi connectivity index (χ3v) is 6.63. The minimum Gasteiger partial charge on any atom is -0.487 e. The molecule has 0 spiro atoms. The number of nitrogens with one attached hydrogen (secondary N) is 3. The Morgan fingerprint density at radius 2 is 1.69 bits per heavy atom. The van der Waals surface area contributed by atoms with Gasteiger partial charge in [-0.25, -0.2) is 0 Å². The average Bonchev–Trinajstić information content (AvgIpc) is 2.82. The highest BCUT2D eigenvalue weighted by molar-refractivity contribution is 5.94. The van der Waals surface area contributed by atoms with Gasteiger partial charge in [0.25, 0.3) is 0 Å². The molecule has 0 aromatic heterocycles. The van der Waals surface area contributed by atoms with Gasteiger partial charge in [-0.2, -0.15) is 0 Å². The number of hydrogen-bond acceptors (Lipinski definition) is 5. The standard InChI is InChI=1S/C28H44N4O4/c1-9-19(6)23-27(34)29-15-14-20-10-12-21(13-11-20)36-25(18(4)5)24(28(35)30-23)31-26(33)22(32(7)8)16-17(2)3/h10-15,17-19,22-25H,9,16H2,1-8H3,(H,29,34)(H,30,35)(H,31,33). The summed E-state index contributed by atoms with van der Waals surface area (Å²) in [6.07, 6.45) is 4.06. The number of nitrogens with zero attached hydrogens (tertiary/aromatic N) is 1. The zero-order valence-corrected chi connectivity index (χ0v) is 23.0. The van der Waals surface area contributed by atoms with Crippen LogP contribution in [0.3, 0.4) is 0 Å². The molecule has 200 valence electrons. The summed E-state index contributed by atoms with van der Waals surface area (Å²) in [7, 11) is 3.71. The van der Waals surface area contributed by atoms with E-state index in [2.05, 4.69) is 29.8 Å². The fourth-order valence-corrected chi connectivity index (χ4v) is 4.20. The Morgan fingerprint density at radius 3 is 2.22 bits per heavy atom. The predicted octanol–water partition coefficient (Wildman–Crippen LogP) is 3.18. The molecule has 3 rings (SSSR count). The Morgan fingerprint density at radius 1 is 1.06 bits per heavy atom. The maximum Gasteiger partial charge on any atom is 0.247 e. The van der Waals surface area contributed by atoms with Crippen molar-refractivity contribution in [3.63, 3.8) is 0 Å². The van der Waals surface area contributed by atoms with Crippen molar-refractivity contribution in [1.29, 1.82) is 0 Å². The lowest BCUT2D eigenvalue weighted by Crippen LogP contribution is -2.62. The lowest BCUT2D eigenvalue weighted by atomic mass is 9.94. The van der Waals surface area contributed by atoms with Gasteiger partial charge in [0, 0.05) is 6.20 Å². The summed E-state index contributed by atoms with van der Waals surface area (Å²) < 4.78 is 6.31. The largest absolute Gasteiger partial charge is 0.487 e. The van der Waals surface area contributed by atoms with E-state index in [1.807, 2.05) is 71.0 Å². The molecule has 3 amide bonds. The minimum absolute atomic E-state index is 0.104. The van der Waals surface area contributed by atoms with E-state index in [1.54, 1.807) is 12.3 Å². The molecule has 5 unspecified atom stereocenters. The molecule has 5 atom stereocenters. The lowest BCUT2D eigenvalue weighted by molar-refractivity contribution is -0.136. The van der Waals surface area contributed by atoms with Gasteiger partial charge in [0.05, 0.1) is 6.04 Å². The third kappa shape index (κ3) is 8.08. The van der Waals surface area contributed by atoms with E-state index >= 15 is 0 Å². The highest BCUT2D eigenvalue weighted by Gasteiger charge is 2.38. The van der Waals surface area contributed by atoms with Crippen LogP contribution >= 0.6 is 0 Å². The topological polar surface area (TPSA) is 99.8 Å². The van der Waals surface area contributed by atoms with Gasteiger partial charge in [-0.3, -0.25) is 19.3 Å². The predicted molar refractivity (Wildman–Crippen MR) is 143 cm³/mol. The first-order chi connectivity index (χ1) is 16.9. The normalized spacial score (nSPS) is 22.6. The fourth-order valence-electron chi connectivity index (χ4n) is 4.20. The van der Waals surface area contributed by atoms with Crippen LogP contribution in [0.1, 0.15) is 59.9 Å². The molecule has 0 aliphatic carbocycles. The Bertz CT molecular complexity index is 911. The number of carbonyl (C=O) groups is 3. The molecular weight excluding hydrogens is 456 g/mol. The van der Waals surface area contributed by atoms with Crippen molar-refractivity contribution in [1.82, 2.24) is 20.9 Å². The Hall–Kier alpha value is -2.87. The molecule has 2 aliphatic heterocycles. The van der Waals surface area contributed by atoms with Crippen LogP contribution in [0, 0.1) is 17.8 Å². The summed E-state index contributed by atoms with van der Waals surface area (Å²) in [6.45, 7) is 11.9. The van der Waals surface area contributed by atoms with Crippen molar-refractivity contribution in [2.75, 3.05) is 14.1 Å². The van der Waals surface area contributed by atoms with Crippen LogP contribution in [0.15, 0.2) is 30.5 Å². The van der Waals surface area contributed by atoms with Gasteiger partial charge in [0.1, 0.15) is 23.9 Å². The summed E-state index contributed by atoms with van der Waals surface area (Å²) in [5.74, 6) is -0.312. The summed E-state index contributed by atoms with van der Waals surface area (Å²) in [4.78, 5) is 42.1. The number of hydrogen-bond donors (Lipinski definition) is 3. The summed E-state index contributed by atoms with van der Waals surface area (Å²) in [5, 5.41) is 8.70. The maximum atomic E-state index is 13.8. The summed E-state index contributed by atoms with van der Waals surface area (Å²) in [6, 6.07) is 5.24. The zero-order chi connectivity index (χ0) is 27.0. The summed E-state index contributed by atoms with van der Waals surface area (Å²) in [5.41, 5.74) is 0.900. The van der Waals surface area contributed by atoms with Crippen LogP contribution in [-0.2, 0) is 14.4 Å². The first-order valence-corrected chi connectivity index (χ1v) is 12.9. The van der Waals surface area contributed by atoms with E-state index in [1.165, 1.54) is 0 Å². The van der Waals surface area contributed by atoms with Crippen LogP contribution in [0.2, 0.25) is 0 Å². The molecule has 2 bridgehead atoms. The maximum absolute atomic E-state index is 13.8. The molecule has 36 heavy (non-hydrogen) atoms.